The van der Waals surface area contributed by atoms with Crippen molar-refractivity contribution >= 4 is 17.5 Å². The molecule has 3 aromatic rings. The second-order valence-corrected chi connectivity index (χ2v) is 6.95. The van der Waals surface area contributed by atoms with E-state index in [1.807, 2.05) is 48.5 Å². The average molecular weight is 419 g/mol. The number of ether oxygens (including phenoxy) is 2. The first-order valence-electron chi connectivity index (χ1n) is 10.3. The monoisotopic (exact) mass is 419 g/mol. The molecule has 8 heteroatoms. The van der Waals surface area contributed by atoms with E-state index in [-0.39, 0.29) is 5.91 Å². The first-order valence-corrected chi connectivity index (χ1v) is 10.3. The molecule has 160 valence electrons. The number of carbonyl (C=O) groups is 1. The number of amides is 1. The van der Waals surface area contributed by atoms with E-state index >= 15 is 0 Å². The van der Waals surface area contributed by atoms with Crippen LogP contribution in [0.5, 0.6) is 11.5 Å². The zero-order chi connectivity index (χ0) is 21.3. The van der Waals surface area contributed by atoms with Gasteiger partial charge in [-0.1, -0.05) is 30.3 Å². The molecule has 1 aromatic heterocycles. The Kier molecular flexibility index (Phi) is 6.92. The summed E-state index contributed by atoms with van der Waals surface area (Å²) < 4.78 is 11.3. The summed E-state index contributed by atoms with van der Waals surface area (Å²) in [5.74, 6) is 2.61. The molecule has 1 aliphatic heterocycles. The molecule has 1 fully saturated rings. The SMILES string of the molecule is O=C(NCCNc1cc(N2CCOCC2)ncn1)c1ccccc1Oc1ccccc1. The number of rotatable bonds is 8. The minimum absolute atomic E-state index is 0.190. The van der Waals surface area contributed by atoms with Gasteiger partial charge in [-0.2, -0.15) is 0 Å². The zero-order valence-corrected chi connectivity index (χ0v) is 17.2. The molecule has 1 aliphatic rings. The molecule has 2 N–H and O–H groups in total. The molecular weight excluding hydrogens is 394 g/mol. The number of para-hydroxylation sites is 2. The lowest BCUT2D eigenvalue weighted by molar-refractivity contribution is 0.0953. The van der Waals surface area contributed by atoms with Crippen molar-refractivity contribution in [2.75, 3.05) is 49.6 Å². The molecule has 1 amide bonds. The summed E-state index contributed by atoms with van der Waals surface area (Å²) in [5, 5.41) is 6.15. The van der Waals surface area contributed by atoms with Crippen LogP contribution >= 0.6 is 0 Å². The van der Waals surface area contributed by atoms with E-state index in [1.165, 1.54) is 0 Å². The van der Waals surface area contributed by atoms with Gasteiger partial charge in [0.1, 0.15) is 29.5 Å². The number of aromatic nitrogens is 2. The fourth-order valence-corrected chi connectivity index (χ4v) is 3.23. The third-order valence-electron chi connectivity index (χ3n) is 4.81. The molecule has 2 aromatic carbocycles. The molecule has 0 bridgehead atoms. The predicted molar refractivity (Wildman–Crippen MR) is 119 cm³/mol. The van der Waals surface area contributed by atoms with Crippen molar-refractivity contribution in [3.05, 3.63) is 72.6 Å². The average Bonchev–Trinajstić information content (AvgIpc) is 2.83. The third kappa shape index (κ3) is 5.70. The van der Waals surface area contributed by atoms with Gasteiger partial charge in [0.25, 0.3) is 5.91 Å². The van der Waals surface area contributed by atoms with Crippen molar-refractivity contribution in [3.63, 3.8) is 0 Å². The Morgan fingerprint density at radius 3 is 2.61 bits per heavy atom. The molecule has 8 nitrogen and oxygen atoms in total. The number of benzene rings is 2. The van der Waals surface area contributed by atoms with Crippen LogP contribution in [0.15, 0.2) is 67.0 Å². The maximum absolute atomic E-state index is 12.7. The van der Waals surface area contributed by atoms with Crippen molar-refractivity contribution in [2.45, 2.75) is 0 Å². The Labute approximate surface area is 181 Å². The molecule has 0 spiro atoms. The topological polar surface area (TPSA) is 88.6 Å². The fraction of sp³-hybridized carbons (Fsp3) is 0.261. The molecule has 0 saturated carbocycles. The number of nitrogens with one attached hydrogen (secondary N) is 2. The van der Waals surface area contributed by atoms with Gasteiger partial charge in [0, 0.05) is 32.2 Å². The van der Waals surface area contributed by atoms with Gasteiger partial charge in [-0.25, -0.2) is 9.97 Å². The van der Waals surface area contributed by atoms with Gasteiger partial charge in [-0.05, 0) is 24.3 Å². The minimum Gasteiger partial charge on any atom is -0.457 e. The molecule has 0 radical (unpaired) electrons. The van der Waals surface area contributed by atoms with Crippen LogP contribution in [-0.4, -0.2) is 55.3 Å². The van der Waals surface area contributed by atoms with Crippen molar-refractivity contribution in [1.82, 2.24) is 15.3 Å². The molecular formula is C23H25N5O3. The molecule has 4 rings (SSSR count). The number of nitrogens with zero attached hydrogens (tertiary/aromatic N) is 3. The van der Waals surface area contributed by atoms with Gasteiger partial charge >= 0.3 is 0 Å². The van der Waals surface area contributed by atoms with Crippen LogP contribution in [0.2, 0.25) is 0 Å². The van der Waals surface area contributed by atoms with Crippen LogP contribution < -0.4 is 20.3 Å². The van der Waals surface area contributed by atoms with E-state index in [0.717, 1.165) is 24.7 Å². The van der Waals surface area contributed by atoms with E-state index < -0.39 is 0 Å². The minimum atomic E-state index is -0.190. The lowest BCUT2D eigenvalue weighted by atomic mass is 10.2. The summed E-state index contributed by atoms with van der Waals surface area (Å²) in [6.07, 6.45) is 1.54. The van der Waals surface area contributed by atoms with Crippen molar-refractivity contribution in [3.8, 4) is 11.5 Å². The molecule has 0 unspecified atom stereocenters. The highest BCUT2D eigenvalue weighted by atomic mass is 16.5. The van der Waals surface area contributed by atoms with Gasteiger partial charge in [0.2, 0.25) is 0 Å². The van der Waals surface area contributed by atoms with Crippen LogP contribution in [-0.2, 0) is 4.74 Å². The Balaban J connectivity index is 1.29. The lowest BCUT2D eigenvalue weighted by Crippen LogP contribution is -2.36. The number of anilines is 2. The van der Waals surface area contributed by atoms with Crippen LogP contribution in [0, 0.1) is 0 Å². The Morgan fingerprint density at radius 1 is 1.00 bits per heavy atom. The number of hydrogen-bond acceptors (Lipinski definition) is 7. The summed E-state index contributed by atoms with van der Waals surface area (Å²) in [7, 11) is 0. The Bertz CT molecular complexity index is 993. The summed E-state index contributed by atoms with van der Waals surface area (Å²) >= 11 is 0. The van der Waals surface area contributed by atoms with E-state index in [1.54, 1.807) is 18.5 Å². The molecule has 2 heterocycles. The summed E-state index contributed by atoms with van der Waals surface area (Å²) in [4.78, 5) is 23.4. The number of carbonyl (C=O) groups excluding carboxylic acids is 1. The second-order valence-electron chi connectivity index (χ2n) is 6.95. The number of morpholine rings is 1. The lowest BCUT2D eigenvalue weighted by Gasteiger charge is -2.27. The smallest absolute Gasteiger partial charge is 0.255 e. The molecule has 0 aliphatic carbocycles. The molecule has 0 atom stereocenters. The van der Waals surface area contributed by atoms with E-state index in [0.29, 0.717) is 43.4 Å². The zero-order valence-electron chi connectivity index (χ0n) is 17.2. The van der Waals surface area contributed by atoms with Gasteiger partial charge in [-0.15, -0.1) is 0 Å². The second kappa shape index (κ2) is 10.4. The van der Waals surface area contributed by atoms with Crippen LogP contribution in [0.1, 0.15) is 10.4 Å². The predicted octanol–water partition coefficient (Wildman–Crippen LogP) is 2.95. The van der Waals surface area contributed by atoms with Gasteiger partial charge < -0.3 is 25.0 Å². The van der Waals surface area contributed by atoms with E-state index in [2.05, 4.69) is 25.5 Å². The summed E-state index contributed by atoms with van der Waals surface area (Å²) in [6.45, 7) is 4.01. The van der Waals surface area contributed by atoms with Crippen molar-refractivity contribution < 1.29 is 14.3 Å². The fourth-order valence-electron chi connectivity index (χ4n) is 3.23. The maximum atomic E-state index is 12.7. The van der Waals surface area contributed by atoms with Crippen molar-refractivity contribution in [2.24, 2.45) is 0 Å². The number of hydrogen-bond donors (Lipinski definition) is 2. The van der Waals surface area contributed by atoms with Gasteiger partial charge in [-0.3, -0.25) is 4.79 Å². The standard InChI is InChI=1S/C23H25N5O3/c29-23(19-8-4-5-9-20(19)31-18-6-2-1-3-7-18)25-11-10-24-21-16-22(27-17-26-21)28-12-14-30-15-13-28/h1-9,16-17H,10-15H2,(H,25,29)(H,24,26,27). The van der Waals surface area contributed by atoms with E-state index in [9.17, 15) is 4.79 Å². The summed E-state index contributed by atoms with van der Waals surface area (Å²) in [5.41, 5.74) is 0.489. The van der Waals surface area contributed by atoms with E-state index in [4.69, 9.17) is 9.47 Å². The highest BCUT2D eigenvalue weighted by molar-refractivity contribution is 5.97. The van der Waals surface area contributed by atoms with Gasteiger partial charge in [0.05, 0.1) is 18.8 Å². The van der Waals surface area contributed by atoms with Crippen LogP contribution in [0.3, 0.4) is 0 Å². The van der Waals surface area contributed by atoms with Crippen molar-refractivity contribution in [1.29, 1.82) is 0 Å². The van der Waals surface area contributed by atoms with Gasteiger partial charge in [0.15, 0.2) is 0 Å². The normalized spacial score (nSPS) is 13.5. The quantitative estimate of drug-likeness (QED) is 0.543. The first-order chi connectivity index (χ1) is 15.3. The first kappa shape index (κ1) is 20.6. The Hall–Kier alpha value is -3.65. The highest BCUT2D eigenvalue weighted by Crippen LogP contribution is 2.24. The molecule has 1 saturated heterocycles. The molecule has 31 heavy (non-hydrogen) atoms. The maximum Gasteiger partial charge on any atom is 0.255 e. The largest absolute Gasteiger partial charge is 0.457 e. The Morgan fingerprint density at radius 2 is 1.77 bits per heavy atom. The van der Waals surface area contributed by atoms with Crippen LogP contribution in [0.25, 0.3) is 0 Å². The third-order valence-corrected chi connectivity index (χ3v) is 4.81. The highest BCUT2D eigenvalue weighted by Gasteiger charge is 2.14. The summed E-state index contributed by atoms with van der Waals surface area (Å²) in [6, 6.07) is 18.5. The van der Waals surface area contributed by atoms with Crippen LogP contribution in [0.4, 0.5) is 11.6 Å².